The summed E-state index contributed by atoms with van der Waals surface area (Å²) in [5, 5.41) is 3.42. The molecule has 3 heteroatoms. The maximum absolute atomic E-state index is 12.2. The molecule has 0 aliphatic carbocycles. The number of nitrogens with one attached hydrogen (secondary N) is 1. The molecule has 1 atom stereocenters. The molecule has 0 aromatic rings. The molecule has 2 aliphatic rings. The molecule has 0 aromatic heterocycles. The van der Waals surface area contributed by atoms with Gasteiger partial charge in [-0.2, -0.15) is 0 Å². The number of carbonyl (C=O) groups is 1. The fraction of sp³-hybridized carbons (Fsp3) is 0.929. The number of rotatable bonds is 1. The molecule has 1 amide bonds. The van der Waals surface area contributed by atoms with Crippen LogP contribution in [0.4, 0.5) is 0 Å². The topological polar surface area (TPSA) is 32.3 Å². The molecule has 17 heavy (non-hydrogen) atoms. The third-order valence-corrected chi connectivity index (χ3v) is 4.20. The van der Waals surface area contributed by atoms with E-state index in [-0.39, 0.29) is 5.41 Å². The van der Waals surface area contributed by atoms with Crippen LogP contribution in [0.2, 0.25) is 0 Å². The van der Waals surface area contributed by atoms with Crippen LogP contribution in [0.1, 0.15) is 40.0 Å². The van der Waals surface area contributed by atoms with Crippen molar-refractivity contribution in [1.82, 2.24) is 10.2 Å². The smallest absolute Gasteiger partial charge is 0.227 e. The van der Waals surface area contributed by atoms with Gasteiger partial charge in [0, 0.05) is 18.5 Å². The first-order valence-electron chi connectivity index (χ1n) is 6.98. The number of nitrogens with zero attached hydrogens (tertiary/aromatic N) is 1. The Hall–Kier alpha value is -0.570. The van der Waals surface area contributed by atoms with Gasteiger partial charge in [-0.15, -0.1) is 0 Å². The Morgan fingerprint density at radius 3 is 2.35 bits per heavy atom. The van der Waals surface area contributed by atoms with E-state index in [1.165, 1.54) is 19.3 Å². The van der Waals surface area contributed by atoms with E-state index in [1.807, 2.05) is 20.8 Å². The van der Waals surface area contributed by atoms with Crippen LogP contribution >= 0.6 is 0 Å². The average Bonchev–Trinajstić information content (AvgIpc) is 2.77. The van der Waals surface area contributed by atoms with E-state index >= 15 is 0 Å². The van der Waals surface area contributed by atoms with Gasteiger partial charge in [0.05, 0.1) is 0 Å². The number of hydrogen-bond donors (Lipinski definition) is 1. The van der Waals surface area contributed by atoms with Gasteiger partial charge in [0.15, 0.2) is 0 Å². The summed E-state index contributed by atoms with van der Waals surface area (Å²) in [4.78, 5) is 14.3. The second-order valence-electron chi connectivity index (χ2n) is 6.64. The van der Waals surface area contributed by atoms with Gasteiger partial charge in [-0.25, -0.2) is 0 Å². The zero-order valence-corrected chi connectivity index (χ0v) is 11.5. The highest BCUT2D eigenvalue weighted by Gasteiger charge is 2.35. The minimum atomic E-state index is -0.219. The van der Waals surface area contributed by atoms with Crippen molar-refractivity contribution in [3.8, 4) is 0 Å². The molecule has 2 aliphatic heterocycles. The SMILES string of the molecule is CC(C)(C)C(=O)N1CCC(C2CCNCC2)C1. The molecule has 2 rings (SSSR count). The van der Waals surface area contributed by atoms with Crippen molar-refractivity contribution < 1.29 is 4.79 Å². The van der Waals surface area contributed by atoms with Crippen LogP contribution in [0.15, 0.2) is 0 Å². The van der Waals surface area contributed by atoms with Gasteiger partial charge in [0.25, 0.3) is 0 Å². The Labute approximate surface area is 105 Å². The van der Waals surface area contributed by atoms with E-state index in [4.69, 9.17) is 0 Å². The van der Waals surface area contributed by atoms with Crippen LogP contribution in [-0.2, 0) is 4.79 Å². The highest BCUT2D eigenvalue weighted by atomic mass is 16.2. The van der Waals surface area contributed by atoms with Crippen LogP contribution < -0.4 is 5.32 Å². The van der Waals surface area contributed by atoms with Gasteiger partial charge >= 0.3 is 0 Å². The molecule has 0 spiro atoms. The summed E-state index contributed by atoms with van der Waals surface area (Å²) in [6, 6.07) is 0. The van der Waals surface area contributed by atoms with Crippen LogP contribution in [0.3, 0.4) is 0 Å². The average molecular weight is 238 g/mol. The van der Waals surface area contributed by atoms with E-state index < -0.39 is 0 Å². The quantitative estimate of drug-likeness (QED) is 0.756. The third-order valence-electron chi connectivity index (χ3n) is 4.20. The van der Waals surface area contributed by atoms with Crippen molar-refractivity contribution in [3.63, 3.8) is 0 Å². The van der Waals surface area contributed by atoms with Gasteiger partial charge in [-0.05, 0) is 44.2 Å². The van der Waals surface area contributed by atoms with Crippen molar-refractivity contribution in [2.24, 2.45) is 17.3 Å². The number of amides is 1. The lowest BCUT2D eigenvalue weighted by atomic mass is 9.84. The van der Waals surface area contributed by atoms with E-state index in [1.54, 1.807) is 0 Å². The Kier molecular flexibility index (Phi) is 3.76. The number of piperidine rings is 1. The van der Waals surface area contributed by atoms with E-state index in [0.717, 1.165) is 38.0 Å². The summed E-state index contributed by atoms with van der Waals surface area (Å²) >= 11 is 0. The molecule has 2 fully saturated rings. The standard InChI is InChI=1S/C14H26N2O/c1-14(2,3)13(17)16-9-6-12(10-16)11-4-7-15-8-5-11/h11-12,15H,4-10H2,1-3H3. The summed E-state index contributed by atoms with van der Waals surface area (Å²) < 4.78 is 0. The van der Waals surface area contributed by atoms with E-state index in [2.05, 4.69) is 10.2 Å². The second-order valence-corrected chi connectivity index (χ2v) is 6.64. The summed E-state index contributed by atoms with van der Waals surface area (Å²) in [5.41, 5.74) is -0.219. The largest absolute Gasteiger partial charge is 0.342 e. The van der Waals surface area contributed by atoms with Crippen molar-refractivity contribution in [1.29, 1.82) is 0 Å². The van der Waals surface area contributed by atoms with Gasteiger partial charge in [-0.3, -0.25) is 4.79 Å². The van der Waals surface area contributed by atoms with Crippen molar-refractivity contribution in [2.75, 3.05) is 26.2 Å². The van der Waals surface area contributed by atoms with Crippen LogP contribution in [-0.4, -0.2) is 37.0 Å². The van der Waals surface area contributed by atoms with E-state index in [0.29, 0.717) is 5.91 Å². The first-order chi connectivity index (χ1) is 7.98. The van der Waals surface area contributed by atoms with Gasteiger partial charge in [0.2, 0.25) is 5.91 Å². The Morgan fingerprint density at radius 2 is 1.76 bits per heavy atom. The summed E-state index contributed by atoms with van der Waals surface area (Å²) in [7, 11) is 0. The molecule has 2 heterocycles. The lowest BCUT2D eigenvalue weighted by molar-refractivity contribution is -0.138. The zero-order chi connectivity index (χ0) is 12.5. The molecule has 3 nitrogen and oxygen atoms in total. The van der Waals surface area contributed by atoms with Crippen LogP contribution in [0, 0.1) is 17.3 Å². The van der Waals surface area contributed by atoms with Crippen molar-refractivity contribution in [3.05, 3.63) is 0 Å². The highest BCUT2D eigenvalue weighted by Crippen LogP contribution is 2.32. The van der Waals surface area contributed by atoms with Crippen molar-refractivity contribution in [2.45, 2.75) is 40.0 Å². The summed E-state index contributed by atoms with van der Waals surface area (Å²) in [5.74, 6) is 1.92. The number of carbonyl (C=O) groups excluding carboxylic acids is 1. The fourth-order valence-electron chi connectivity index (χ4n) is 3.15. The monoisotopic (exact) mass is 238 g/mol. The molecule has 0 radical (unpaired) electrons. The lowest BCUT2D eigenvalue weighted by Crippen LogP contribution is -2.39. The number of hydrogen-bond acceptors (Lipinski definition) is 2. The van der Waals surface area contributed by atoms with Crippen molar-refractivity contribution >= 4 is 5.91 Å². The first-order valence-corrected chi connectivity index (χ1v) is 6.98. The molecule has 98 valence electrons. The molecule has 0 saturated carbocycles. The Morgan fingerprint density at radius 1 is 1.12 bits per heavy atom. The summed E-state index contributed by atoms with van der Waals surface area (Å²) in [6.07, 6.45) is 3.80. The fourth-order valence-corrected chi connectivity index (χ4v) is 3.15. The van der Waals surface area contributed by atoms with Gasteiger partial charge in [-0.1, -0.05) is 20.8 Å². The molecule has 1 unspecified atom stereocenters. The van der Waals surface area contributed by atoms with E-state index in [9.17, 15) is 4.79 Å². The molecule has 0 aromatic carbocycles. The minimum Gasteiger partial charge on any atom is -0.342 e. The molecular formula is C14H26N2O. The third kappa shape index (κ3) is 3.01. The Balaban J connectivity index is 1.88. The second kappa shape index (κ2) is 4.97. The predicted molar refractivity (Wildman–Crippen MR) is 69.7 cm³/mol. The molecule has 2 saturated heterocycles. The van der Waals surface area contributed by atoms with Gasteiger partial charge in [0.1, 0.15) is 0 Å². The first kappa shape index (κ1) is 12.9. The summed E-state index contributed by atoms with van der Waals surface area (Å²) in [6.45, 7) is 10.4. The van der Waals surface area contributed by atoms with Gasteiger partial charge < -0.3 is 10.2 Å². The maximum atomic E-state index is 12.2. The zero-order valence-electron chi connectivity index (χ0n) is 11.5. The van der Waals surface area contributed by atoms with Crippen LogP contribution in [0.25, 0.3) is 0 Å². The molecular weight excluding hydrogens is 212 g/mol. The predicted octanol–water partition coefficient (Wildman–Crippen LogP) is 1.88. The minimum absolute atomic E-state index is 0.219. The van der Waals surface area contributed by atoms with Crippen LogP contribution in [0.5, 0.6) is 0 Å². The normalized spacial score (nSPS) is 27.5. The molecule has 0 bridgehead atoms. The lowest BCUT2D eigenvalue weighted by Gasteiger charge is -2.29. The maximum Gasteiger partial charge on any atom is 0.227 e. The Bertz CT molecular complexity index is 276. The number of likely N-dealkylation sites (tertiary alicyclic amines) is 1. The molecule has 1 N–H and O–H groups in total. The highest BCUT2D eigenvalue weighted by molar-refractivity contribution is 5.81.